The third-order valence-corrected chi connectivity index (χ3v) is 6.75. The van der Waals surface area contributed by atoms with Crippen LogP contribution in [0.3, 0.4) is 0 Å². The Bertz CT molecular complexity index is 991. The average Bonchev–Trinajstić information content (AvgIpc) is 2.66. The minimum atomic E-state index is -3.68. The van der Waals surface area contributed by atoms with Crippen LogP contribution in [0.25, 0.3) is 0 Å². The van der Waals surface area contributed by atoms with E-state index in [1.807, 2.05) is 32.0 Å². The van der Waals surface area contributed by atoms with Crippen molar-refractivity contribution in [1.29, 1.82) is 0 Å². The lowest BCUT2D eigenvalue weighted by Gasteiger charge is -2.36. The van der Waals surface area contributed by atoms with Gasteiger partial charge in [0, 0.05) is 18.1 Å². The number of hydrogen-bond acceptors (Lipinski definition) is 3. The van der Waals surface area contributed by atoms with Gasteiger partial charge in [0.2, 0.25) is 15.9 Å². The van der Waals surface area contributed by atoms with Crippen LogP contribution in [-0.2, 0) is 27.8 Å². The molecule has 1 aliphatic rings. The van der Waals surface area contributed by atoms with Gasteiger partial charge >= 0.3 is 0 Å². The Morgan fingerprint density at radius 1 is 1.21 bits per heavy atom. The molecule has 0 fully saturated rings. The van der Waals surface area contributed by atoms with E-state index in [1.165, 1.54) is 9.87 Å². The van der Waals surface area contributed by atoms with Crippen LogP contribution >= 0.6 is 11.6 Å². The molecule has 7 heteroatoms. The molecule has 28 heavy (non-hydrogen) atoms. The number of fused-ring (bicyclic) bond motifs is 1. The van der Waals surface area contributed by atoms with Crippen molar-refractivity contribution >= 4 is 33.2 Å². The van der Waals surface area contributed by atoms with Gasteiger partial charge in [0.05, 0.1) is 11.9 Å². The van der Waals surface area contributed by atoms with Gasteiger partial charge < -0.3 is 4.90 Å². The number of sulfonamides is 1. The Hall–Kier alpha value is -2.05. The molecule has 0 bridgehead atoms. The number of rotatable bonds is 5. The molecule has 5 nitrogen and oxygen atoms in total. The van der Waals surface area contributed by atoms with E-state index in [-0.39, 0.29) is 5.91 Å². The monoisotopic (exact) mass is 420 g/mol. The van der Waals surface area contributed by atoms with Crippen LogP contribution in [0.2, 0.25) is 5.02 Å². The normalized spacial score (nSPS) is 15.1. The SMILES string of the molecule is CC[C@@H](C(=O)N1CCc2ccccc2C1)N(c1ccc(C)c(Cl)c1)S(C)(=O)=O. The summed E-state index contributed by atoms with van der Waals surface area (Å²) in [7, 11) is -3.68. The lowest BCUT2D eigenvalue weighted by atomic mass is 9.99. The van der Waals surface area contributed by atoms with Crippen LogP contribution in [0.4, 0.5) is 5.69 Å². The van der Waals surface area contributed by atoms with Gasteiger partial charge in [0.25, 0.3) is 0 Å². The first-order valence-corrected chi connectivity index (χ1v) is 11.6. The zero-order valence-electron chi connectivity index (χ0n) is 16.4. The molecular formula is C21H25ClN2O3S. The summed E-state index contributed by atoms with van der Waals surface area (Å²) in [5, 5.41) is 0.473. The van der Waals surface area contributed by atoms with E-state index in [2.05, 4.69) is 6.07 Å². The third kappa shape index (κ3) is 4.18. The predicted molar refractivity (Wildman–Crippen MR) is 113 cm³/mol. The van der Waals surface area contributed by atoms with Crippen LogP contribution in [0.15, 0.2) is 42.5 Å². The molecule has 0 spiro atoms. The summed E-state index contributed by atoms with van der Waals surface area (Å²) >= 11 is 6.22. The molecule has 0 aromatic heterocycles. The molecule has 0 radical (unpaired) electrons. The third-order valence-electron chi connectivity index (χ3n) is 5.16. The number of carbonyl (C=O) groups excluding carboxylic acids is 1. The largest absolute Gasteiger partial charge is 0.336 e. The highest BCUT2D eigenvalue weighted by Gasteiger charge is 2.35. The van der Waals surface area contributed by atoms with Crippen molar-refractivity contribution in [2.45, 2.75) is 39.3 Å². The first-order valence-electron chi connectivity index (χ1n) is 9.33. The number of carbonyl (C=O) groups is 1. The number of halogens is 1. The van der Waals surface area contributed by atoms with E-state index in [0.29, 0.717) is 30.2 Å². The van der Waals surface area contributed by atoms with E-state index < -0.39 is 16.1 Å². The van der Waals surface area contributed by atoms with E-state index in [4.69, 9.17) is 11.6 Å². The fourth-order valence-corrected chi connectivity index (χ4v) is 5.03. The van der Waals surface area contributed by atoms with Crippen molar-refractivity contribution in [1.82, 2.24) is 4.90 Å². The maximum Gasteiger partial charge on any atom is 0.246 e. The zero-order chi connectivity index (χ0) is 20.5. The Labute approximate surface area is 172 Å². The Morgan fingerprint density at radius 2 is 1.89 bits per heavy atom. The quantitative estimate of drug-likeness (QED) is 0.739. The van der Waals surface area contributed by atoms with E-state index >= 15 is 0 Å². The summed E-state index contributed by atoms with van der Waals surface area (Å²) < 4.78 is 26.5. The molecular weight excluding hydrogens is 396 g/mol. The number of amides is 1. The Balaban J connectivity index is 1.94. The number of benzene rings is 2. The van der Waals surface area contributed by atoms with Crippen molar-refractivity contribution in [3.8, 4) is 0 Å². The van der Waals surface area contributed by atoms with Crippen LogP contribution in [0, 0.1) is 6.92 Å². The molecule has 1 aliphatic heterocycles. The van der Waals surface area contributed by atoms with E-state index in [9.17, 15) is 13.2 Å². The van der Waals surface area contributed by atoms with Gasteiger partial charge in [-0.2, -0.15) is 0 Å². The number of nitrogens with zero attached hydrogens (tertiary/aromatic N) is 2. The van der Waals surface area contributed by atoms with Gasteiger partial charge in [-0.05, 0) is 48.6 Å². The first-order chi connectivity index (χ1) is 13.2. The van der Waals surface area contributed by atoms with Gasteiger partial charge in [-0.3, -0.25) is 9.10 Å². The summed E-state index contributed by atoms with van der Waals surface area (Å²) in [6.07, 6.45) is 2.27. The van der Waals surface area contributed by atoms with Gasteiger partial charge in [-0.25, -0.2) is 8.42 Å². The van der Waals surface area contributed by atoms with Gasteiger partial charge in [-0.1, -0.05) is 48.9 Å². The highest BCUT2D eigenvalue weighted by molar-refractivity contribution is 7.92. The highest BCUT2D eigenvalue weighted by Crippen LogP contribution is 2.29. The fourth-order valence-electron chi connectivity index (χ4n) is 3.66. The lowest BCUT2D eigenvalue weighted by molar-refractivity contribution is -0.133. The predicted octanol–water partition coefficient (Wildman–Crippen LogP) is 3.78. The van der Waals surface area contributed by atoms with E-state index in [1.54, 1.807) is 23.1 Å². The second-order valence-corrected chi connectivity index (χ2v) is 9.46. The van der Waals surface area contributed by atoms with Crippen molar-refractivity contribution in [3.63, 3.8) is 0 Å². The highest BCUT2D eigenvalue weighted by atomic mass is 35.5. The molecule has 1 heterocycles. The smallest absolute Gasteiger partial charge is 0.246 e. The van der Waals surface area contributed by atoms with Crippen molar-refractivity contribution < 1.29 is 13.2 Å². The van der Waals surface area contributed by atoms with Gasteiger partial charge in [-0.15, -0.1) is 0 Å². The minimum absolute atomic E-state index is 0.181. The second kappa shape index (κ2) is 8.13. The summed E-state index contributed by atoms with van der Waals surface area (Å²) in [5.74, 6) is -0.181. The molecule has 150 valence electrons. The molecule has 0 saturated carbocycles. The summed E-state index contributed by atoms with van der Waals surface area (Å²) in [4.78, 5) is 15.1. The molecule has 2 aromatic carbocycles. The molecule has 0 saturated heterocycles. The number of anilines is 1. The topological polar surface area (TPSA) is 57.7 Å². The maximum absolute atomic E-state index is 13.3. The Kier molecular flexibility index (Phi) is 6.01. The number of hydrogen-bond donors (Lipinski definition) is 0. The minimum Gasteiger partial charge on any atom is -0.336 e. The molecule has 3 rings (SSSR count). The average molecular weight is 421 g/mol. The Morgan fingerprint density at radius 3 is 2.50 bits per heavy atom. The molecule has 0 unspecified atom stereocenters. The first kappa shape index (κ1) is 20.7. The standard InChI is InChI=1S/C21H25ClN2O3S/c1-4-20(21(25)23-12-11-16-7-5-6-8-17(16)14-23)24(28(3,26)27)18-10-9-15(2)19(22)13-18/h5-10,13,20H,4,11-12,14H2,1-3H3/t20-/m0/s1. The second-order valence-electron chi connectivity index (χ2n) is 7.19. The van der Waals surface area contributed by atoms with Gasteiger partial charge in [0.15, 0.2) is 0 Å². The molecule has 0 N–H and O–H groups in total. The molecule has 1 atom stereocenters. The molecule has 1 amide bonds. The summed E-state index contributed by atoms with van der Waals surface area (Å²) in [5.41, 5.74) is 3.62. The lowest BCUT2D eigenvalue weighted by Crippen LogP contribution is -2.51. The van der Waals surface area contributed by atoms with Crippen molar-refractivity contribution in [2.75, 3.05) is 17.1 Å². The summed E-state index contributed by atoms with van der Waals surface area (Å²) in [6, 6.07) is 12.3. The van der Waals surface area contributed by atoms with Crippen LogP contribution in [0.1, 0.15) is 30.0 Å². The van der Waals surface area contributed by atoms with Crippen LogP contribution in [0.5, 0.6) is 0 Å². The molecule has 0 aliphatic carbocycles. The maximum atomic E-state index is 13.3. The number of aryl methyl sites for hydroxylation is 1. The van der Waals surface area contributed by atoms with Crippen molar-refractivity contribution in [2.24, 2.45) is 0 Å². The van der Waals surface area contributed by atoms with Crippen LogP contribution < -0.4 is 4.31 Å². The summed E-state index contributed by atoms with van der Waals surface area (Å²) in [6.45, 7) is 4.76. The zero-order valence-corrected chi connectivity index (χ0v) is 17.9. The van der Waals surface area contributed by atoms with Gasteiger partial charge in [0.1, 0.15) is 6.04 Å². The van der Waals surface area contributed by atoms with Crippen LogP contribution in [-0.4, -0.2) is 38.1 Å². The fraction of sp³-hybridized carbons (Fsp3) is 0.381. The van der Waals surface area contributed by atoms with E-state index in [0.717, 1.165) is 23.8 Å². The molecule has 2 aromatic rings. The van der Waals surface area contributed by atoms with Crippen molar-refractivity contribution in [3.05, 3.63) is 64.2 Å².